The highest BCUT2D eigenvalue weighted by Gasteiger charge is 2.30. The van der Waals surface area contributed by atoms with E-state index in [1.165, 1.54) is 17.4 Å². The zero-order valence-electron chi connectivity index (χ0n) is 15.8. The van der Waals surface area contributed by atoms with Crippen molar-refractivity contribution in [2.75, 3.05) is 46.4 Å². The molecule has 4 rings (SSSR count). The van der Waals surface area contributed by atoms with Gasteiger partial charge in [-0.05, 0) is 18.1 Å². The Morgan fingerprint density at radius 1 is 1.22 bits per heavy atom. The number of morpholine rings is 1. The number of ether oxygens (including phenoxy) is 1. The fraction of sp³-hybridized carbons (Fsp3) is 0.500. The van der Waals surface area contributed by atoms with Crippen LogP contribution in [-0.2, 0) is 11.3 Å². The second-order valence-corrected chi connectivity index (χ2v) is 6.93. The van der Waals surface area contributed by atoms with Gasteiger partial charge >= 0.3 is 0 Å². The number of aliphatic imine (C=N–C) groups is 1. The van der Waals surface area contributed by atoms with Gasteiger partial charge < -0.3 is 15.0 Å². The predicted molar refractivity (Wildman–Crippen MR) is 120 cm³/mol. The lowest BCUT2D eigenvalue weighted by Crippen LogP contribution is -2.46. The summed E-state index contributed by atoms with van der Waals surface area (Å²) in [6.45, 7) is 6.64. The van der Waals surface area contributed by atoms with Crippen LogP contribution in [0.25, 0.3) is 10.9 Å². The SMILES string of the molecule is CN=C(NCc1cccc2cccnc12)N1CCC(N2CCOCC2)C1.I. The number of guanidine groups is 1. The second-order valence-electron chi connectivity index (χ2n) is 6.93. The summed E-state index contributed by atoms with van der Waals surface area (Å²) < 4.78 is 5.48. The monoisotopic (exact) mass is 481 g/mol. The van der Waals surface area contributed by atoms with E-state index in [2.05, 4.69) is 49.4 Å². The van der Waals surface area contributed by atoms with Crippen LogP contribution in [0.5, 0.6) is 0 Å². The van der Waals surface area contributed by atoms with E-state index in [1.54, 1.807) is 0 Å². The molecular formula is C20H28IN5O. The van der Waals surface area contributed by atoms with Crippen molar-refractivity contribution >= 4 is 40.8 Å². The summed E-state index contributed by atoms with van der Waals surface area (Å²) in [5.74, 6) is 0.980. The van der Waals surface area contributed by atoms with Gasteiger partial charge in [-0.1, -0.05) is 24.3 Å². The van der Waals surface area contributed by atoms with Crippen LogP contribution in [-0.4, -0.2) is 73.2 Å². The molecule has 2 aliphatic heterocycles. The average Bonchev–Trinajstić information content (AvgIpc) is 3.19. The first kappa shape index (κ1) is 20.3. The van der Waals surface area contributed by atoms with Crippen LogP contribution < -0.4 is 5.32 Å². The summed E-state index contributed by atoms with van der Waals surface area (Å²) in [5, 5.41) is 4.71. The molecule has 1 atom stereocenters. The van der Waals surface area contributed by atoms with Crippen LogP contribution in [0, 0.1) is 0 Å². The van der Waals surface area contributed by atoms with E-state index in [-0.39, 0.29) is 24.0 Å². The predicted octanol–water partition coefficient (Wildman–Crippen LogP) is 2.33. The molecule has 6 nitrogen and oxygen atoms in total. The third kappa shape index (κ3) is 4.70. The number of para-hydroxylation sites is 1. The van der Waals surface area contributed by atoms with Crippen LogP contribution in [0.15, 0.2) is 41.5 Å². The third-order valence-electron chi connectivity index (χ3n) is 5.39. The van der Waals surface area contributed by atoms with Crippen LogP contribution in [0.1, 0.15) is 12.0 Å². The van der Waals surface area contributed by atoms with Gasteiger partial charge in [-0.25, -0.2) is 0 Å². The molecule has 2 aliphatic rings. The Balaban J connectivity index is 0.00000210. The number of nitrogens with zero attached hydrogens (tertiary/aromatic N) is 4. The molecule has 0 spiro atoms. The van der Waals surface area contributed by atoms with E-state index in [0.717, 1.165) is 57.4 Å². The van der Waals surface area contributed by atoms with Gasteiger partial charge in [0.25, 0.3) is 0 Å². The molecule has 0 aliphatic carbocycles. The summed E-state index contributed by atoms with van der Waals surface area (Å²) in [6.07, 6.45) is 3.05. The first-order valence-electron chi connectivity index (χ1n) is 9.45. The first-order valence-corrected chi connectivity index (χ1v) is 9.45. The van der Waals surface area contributed by atoms with Crippen LogP contribution in [0.2, 0.25) is 0 Å². The van der Waals surface area contributed by atoms with Crippen molar-refractivity contribution in [3.05, 3.63) is 42.1 Å². The minimum atomic E-state index is 0. The highest BCUT2D eigenvalue weighted by molar-refractivity contribution is 14.0. The molecule has 1 N–H and O–H groups in total. The Bertz CT molecular complexity index is 773. The normalized spacial score (nSPS) is 21.3. The lowest BCUT2D eigenvalue weighted by molar-refractivity contribution is 0.0195. The summed E-state index contributed by atoms with van der Waals surface area (Å²) in [7, 11) is 1.87. The number of rotatable bonds is 3. The maximum Gasteiger partial charge on any atom is 0.193 e. The van der Waals surface area contributed by atoms with Gasteiger partial charge in [0.05, 0.1) is 18.7 Å². The highest BCUT2D eigenvalue weighted by Crippen LogP contribution is 2.18. The van der Waals surface area contributed by atoms with Gasteiger partial charge in [0.2, 0.25) is 0 Å². The topological polar surface area (TPSA) is 53.0 Å². The largest absolute Gasteiger partial charge is 0.379 e. The number of benzene rings is 1. The number of pyridine rings is 1. The van der Waals surface area contributed by atoms with Crippen molar-refractivity contribution in [2.24, 2.45) is 4.99 Å². The number of halogens is 1. The fourth-order valence-corrected chi connectivity index (χ4v) is 3.99. The van der Waals surface area contributed by atoms with Gasteiger partial charge in [-0.15, -0.1) is 24.0 Å². The zero-order valence-corrected chi connectivity index (χ0v) is 18.1. The molecule has 2 saturated heterocycles. The standard InChI is InChI=1S/C20H27N5O.HI/c1-21-20(25-9-7-18(15-25)24-10-12-26-13-11-24)23-14-17-5-2-4-16-6-3-8-22-19(16)17;/h2-6,8,18H,7,9-15H2,1H3,(H,21,23);1H. The van der Waals surface area contributed by atoms with E-state index < -0.39 is 0 Å². The number of hydrogen-bond acceptors (Lipinski definition) is 4. The van der Waals surface area contributed by atoms with Crippen molar-refractivity contribution in [3.63, 3.8) is 0 Å². The van der Waals surface area contributed by atoms with Crippen LogP contribution in [0.3, 0.4) is 0 Å². The molecule has 7 heteroatoms. The Morgan fingerprint density at radius 2 is 2.04 bits per heavy atom. The number of fused-ring (bicyclic) bond motifs is 1. The fourth-order valence-electron chi connectivity index (χ4n) is 3.99. The molecule has 0 saturated carbocycles. The highest BCUT2D eigenvalue weighted by atomic mass is 127. The maximum absolute atomic E-state index is 5.48. The summed E-state index contributed by atoms with van der Waals surface area (Å²) in [6, 6.07) is 11.0. The maximum atomic E-state index is 5.48. The van der Waals surface area contributed by atoms with Crippen molar-refractivity contribution < 1.29 is 4.74 Å². The molecule has 146 valence electrons. The number of nitrogens with one attached hydrogen (secondary N) is 1. The van der Waals surface area contributed by atoms with Crippen molar-refractivity contribution in [1.82, 2.24) is 20.1 Å². The Kier molecular flexibility index (Phi) is 7.26. The quantitative estimate of drug-likeness (QED) is 0.415. The Labute approximate surface area is 178 Å². The molecule has 1 aromatic carbocycles. The van der Waals surface area contributed by atoms with Gasteiger partial charge in [-0.2, -0.15) is 0 Å². The smallest absolute Gasteiger partial charge is 0.193 e. The molecule has 0 bridgehead atoms. The summed E-state index contributed by atoms with van der Waals surface area (Å²) >= 11 is 0. The number of hydrogen-bond donors (Lipinski definition) is 1. The zero-order chi connectivity index (χ0) is 17.8. The Hall–Kier alpha value is -1.45. The summed E-state index contributed by atoms with van der Waals surface area (Å²) in [4.78, 5) is 14.0. The van der Waals surface area contributed by atoms with E-state index >= 15 is 0 Å². The Morgan fingerprint density at radius 3 is 2.85 bits per heavy atom. The molecule has 3 heterocycles. The van der Waals surface area contributed by atoms with E-state index in [9.17, 15) is 0 Å². The van der Waals surface area contributed by atoms with Gasteiger partial charge in [0.15, 0.2) is 5.96 Å². The third-order valence-corrected chi connectivity index (χ3v) is 5.39. The minimum Gasteiger partial charge on any atom is -0.379 e. The molecule has 0 radical (unpaired) electrons. The first-order chi connectivity index (χ1) is 12.8. The molecule has 27 heavy (non-hydrogen) atoms. The van der Waals surface area contributed by atoms with Gasteiger partial charge in [0.1, 0.15) is 0 Å². The molecule has 0 amide bonds. The van der Waals surface area contributed by atoms with Gasteiger partial charge in [0, 0.05) is 57.4 Å². The molecule has 1 unspecified atom stereocenters. The number of likely N-dealkylation sites (tertiary alicyclic amines) is 1. The second kappa shape index (κ2) is 9.66. The minimum absolute atomic E-state index is 0. The lowest BCUT2D eigenvalue weighted by Gasteiger charge is -2.32. The molecule has 1 aromatic heterocycles. The van der Waals surface area contributed by atoms with E-state index in [1.807, 2.05) is 19.3 Å². The summed E-state index contributed by atoms with van der Waals surface area (Å²) in [5.41, 5.74) is 2.26. The van der Waals surface area contributed by atoms with Crippen molar-refractivity contribution in [2.45, 2.75) is 19.0 Å². The molecular weight excluding hydrogens is 453 g/mol. The van der Waals surface area contributed by atoms with Gasteiger partial charge in [-0.3, -0.25) is 14.9 Å². The molecule has 2 fully saturated rings. The van der Waals surface area contributed by atoms with Crippen LogP contribution in [0.4, 0.5) is 0 Å². The van der Waals surface area contributed by atoms with E-state index in [4.69, 9.17) is 4.74 Å². The van der Waals surface area contributed by atoms with Crippen molar-refractivity contribution in [3.8, 4) is 0 Å². The average molecular weight is 481 g/mol. The van der Waals surface area contributed by atoms with Crippen molar-refractivity contribution in [1.29, 1.82) is 0 Å². The lowest BCUT2D eigenvalue weighted by atomic mass is 10.1. The number of aromatic nitrogens is 1. The molecule has 2 aromatic rings. The van der Waals surface area contributed by atoms with E-state index in [0.29, 0.717) is 6.04 Å². The van der Waals surface area contributed by atoms with Crippen LogP contribution >= 0.6 is 24.0 Å².